The molecule has 98 valence electrons. The van der Waals surface area contributed by atoms with Gasteiger partial charge in [0.1, 0.15) is 0 Å². The average molecular weight is 249 g/mol. The maximum atomic E-state index is 11.3. The van der Waals surface area contributed by atoms with Crippen LogP contribution < -0.4 is 5.32 Å². The highest BCUT2D eigenvalue weighted by molar-refractivity contribution is 7.91. The van der Waals surface area contributed by atoms with Crippen LogP contribution in [0.25, 0.3) is 0 Å². The second-order valence-corrected chi connectivity index (χ2v) is 7.57. The predicted molar refractivity (Wildman–Crippen MR) is 70.4 cm³/mol. The Labute approximate surface area is 101 Å². The second-order valence-electron chi connectivity index (χ2n) is 5.09. The maximum Gasteiger partial charge on any atom is 0.151 e. The van der Waals surface area contributed by atoms with Crippen LogP contribution in [0.5, 0.6) is 0 Å². The van der Waals surface area contributed by atoms with E-state index in [4.69, 9.17) is 0 Å². The topological polar surface area (TPSA) is 46.2 Å². The zero-order chi connectivity index (χ0) is 12.8. The van der Waals surface area contributed by atoms with Crippen LogP contribution in [0.4, 0.5) is 0 Å². The number of hydrogen-bond donors (Lipinski definition) is 1. The molecule has 0 fully saturated rings. The van der Waals surface area contributed by atoms with Gasteiger partial charge in [0.15, 0.2) is 9.84 Å². The summed E-state index contributed by atoms with van der Waals surface area (Å²) in [5.41, 5.74) is 0. The first kappa shape index (κ1) is 15.9. The first-order valence-electron chi connectivity index (χ1n) is 6.21. The van der Waals surface area contributed by atoms with Crippen molar-refractivity contribution in [2.75, 3.05) is 24.6 Å². The summed E-state index contributed by atoms with van der Waals surface area (Å²) in [5.74, 6) is 2.38. The Morgan fingerprint density at radius 3 is 1.94 bits per heavy atom. The molecule has 1 N–H and O–H groups in total. The van der Waals surface area contributed by atoms with Crippen LogP contribution in [0.2, 0.25) is 0 Å². The van der Waals surface area contributed by atoms with E-state index in [0.717, 1.165) is 6.54 Å². The van der Waals surface area contributed by atoms with Gasteiger partial charge < -0.3 is 5.32 Å². The Morgan fingerprint density at radius 1 is 1.06 bits per heavy atom. The molecule has 0 aliphatic heterocycles. The molecule has 0 aromatic heterocycles. The molecule has 4 heteroatoms. The highest BCUT2D eigenvalue weighted by Gasteiger charge is 2.17. The van der Waals surface area contributed by atoms with Gasteiger partial charge in [-0.1, -0.05) is 34.6 Å². The molecule has 0 unspecified atom stereocenters. The third-order valence-electron chi connectivity index (χ3n) is 3.12. The molecule has 0 heterocycles. The van der Waals surface area contributed by atoms with Gasteiger partial charge >= 0.3 is 0 Å². The van der Waals surface area contributed by atoms with Crippen LogP contribution >= 0.6 is 0 Å². The Balaban J connectivity index is 3.88. The predicted octanol–water partition coefficient (Wildman–Crippen LogP) is 1.94. The lowest BCUT2D eigenvalue weighted by molar-refractivity contribution is 0.278. The fraction of sp³-hybridized carbons (Fsp3) is 1.00. The van der Waals surface area contributed by atoms with Gasteiger partial charge in [0.05, 0.1) is 5.75 Å². The number of hydrogen-bond acceptors (Lipinski definition) is 3. The first-order valence-corrected chi connectivity index (χ1v) is 8.03. The Hall–Kier alpha value is -0.0900. The SMILES string of the molecule is CCS(=O)(=O)CCNCC(C(C)C)C(C)C. The molecule has 0 aromatic rings. The fourth-order valence-electron chi connectivity index (χ4n) is 1.88. The van der Waals surface area contributed by atoms with Gasteiger partial charge in [0, 0.05) is 12.3 Å². The van der Waals surface area contributed by atoms with Crippen molar-refractivity contribution in [3.8, 4) is 0 Å². The summed E-state index contributed by atoms with van der Waals surface area (Å²) in [7, 11) is -2.82. The number of rotatable bonds is 8. The van der Waals surface area contributed by atoms with Crippen molar-refractivity contribution in [1.29, 1.82) is 0 Å². The zero-order valence-corrected chi connectivity index (χ0v) is 12.1. The molecule has 0 aliphatic rings. The van der Waals surface area contributed by atoms with Crippen molar-refractivity contribution in [3.05, 3.63) is 0 Å². The van der Waals surface area contributed by atoms with E-state index in [-0.39, 0.29) is 11.5 Å². The second kappa shape index (κ2) is 7.28. The van der Waals surface area contributed by atoms with E-state index in [1.54, 1.807) is 6.92 Å². The molecule has 0 aliphatic carbocycles. The van der Waals surface area contributed by atoms with Crippen molar-refractivity contribution < 1.29 is 8.42 Å². The summed E-state index contributed by atoms with van der Waals surface area (Å²) >= 11 is 0. The fourth-order valence-corrected chi connectivity index (χ4v) is 2.63. The molecule has 0 amide bonds. The summed E-state index contributed by atoms with van der Waals surface area (Å²) in [6.07, 6.45) is 0. The van der Waals surface area contributed by atoms with Crippen molar-refractivity contribution in [2.45, 2.75) is 34.6 Å². The third kappa shape index (κ3) is 6.48. The van der Waals surface area contributed by atoms with Crippen LogP contribution in [0, 0.1) is 17.8 Å². The largest absolute Gasteiger partial charge is 0.315 e. The Kier molecular flexibility index (Phi) is 7.24. The lowest BCUT2D eigenvalue weighted by Gasteiger charge is -2.25. The van der Waals surface area contributed by atoms with Gasteiger partial charge in [-0.3, -0.25) is 0 Å². The molecule has 0 bridgehead atoms. The minimum atomic E-state index is -2.82. The monoisotopic (exact) mass is 249 g/mol. The summed E-state index contributed by atoms with van der Waals surface area (Å²) in [5, 5.41) is 3.26. The molecule has 0 saturated carbocycles. The summed E-state index contributed by atoms with van der Waals surface area (Å²) in [4.78, 5) is 0. The summed E-state index contributed by atoms with van der Waals surface area (Å²) in [6.45, 7) is 12.1. The molecular weight excluding hydrogens is 222 g/mol. The number of sulfone groups is 1. The Bertz CT molecular complexity index is 263. The van der Waals surface area contributed by atoms with E-state index in [2.05, 4.69) is 33.0 Å². The van der Waals surface area contributed by atoms with Crippen LogP contribution in [0.15, 0.2) is 0 Å². The quantitative estimate of drug-likeness (QED) is 0.669. The van der Waals surface area contributed by atoms with E-state index in [9.17, 15) is 8.42 Å². The zero-order valence-electron chi connectivity index (χ0n) is 11.3. The lowest BCUT2D eigenvalue weighted by Crippen LogP contribution is -2.33. The summed E-state index contributed by atoms with van der Waals surface area (Å²) in [6, 6.07) is 0. The van der Waals surface area contributed by atoms with Crippen LogP contribution in [-0.2, 0) is 9.84 Å². The standard InChI is InChI=1S/C12H27NO2S/c1-6-16(14,15)8-7-13-9-12(10(2)3)11(4)5/h10-13H,6-9H2,1-5H3. The van der Waals surface area contributed by atoms with Gasteiger partial charge in [-0.05, 0) is 24.3 Å². The van der Waals surface area contributed by atoms with Gasteiger partial charge in [0.25, 0.3) is 0 Å². The molecule has 0 atom stereocenters. The van der Waals surface area contributed by atoms with Gasteiger partial charge in [-0.2, -0.15) is 0 Å². The van der Waals surface area contributed by atoms with Crippen molar-refractivity contribution >= 4 is 9.84 Å². The molecule has 0 saturated heterocycles. The van der Waals surface area contributed by atoms with Crippen LogP contribution in [-0.4, -0.2) is 33.0 Å². The number of nitrogens with one attached hydrogen (secondary N) is 1. The molecule has 3 nitrogen and oxygen atoms in total. The van der Waals surface area contributed by atoms with E-state index in [1.807, 2.05) is 0 Å². The Morgan fingerprint density at radius 2 is 1.56 bits per heavy atom. The van der Waals surface area contributed by atoms with Gasteiger partial charge in [0.2, 0.25) is 0 Å². The van der Waals surface area contributed by atoms with Crippen LogP contribution in [0.1, 0.15) is 34.6 Å². The minimum absolute atomic E-state index is 0.243. The van der Waals surface area contributed by atoms with Crippen molar-refractivity contribution in [1.82, 2.24) is 5.32 Å². The first-order chi connectivity index (χ1) is 7.30. The normalized spacial score (nSPS) is 13.0. The summed E-state index contributed by atoms with van der Waals surface area (Å²) < 4.78 is 22.5. The smallest absolute Gasteiger partial charge is 0.151 e. The van der Waals surface area contributed by atoms with E-state index in [1.165, 1.54) is 0 Å². The lowest BCUT2D eigenvalue weighted by atomic mass is 9.85. The van der Waals surface area contributed by atoms with E-state index in [0.29, 0.717) is 24.3 Å². The molecule has 0 aromatic carbocycles. The molecule has 16 heavy (non-hydrogen) atoms. The van der Waals surface area contributed by atoms with Gasteiger partial charge in [-0.25, -0.2) is 8.42 Å². The van der Waals surface area contributed by atoms with Crippen molar-refractivity contribution in [2.24, 2.45) is 17.8 Å². The highest BCUT2D eigenvalue weighted by atomic mass is 32.2. The van der Waals surface area contributed by atoms with Crippen molar-refractivity contribution in [3.63, 3.8) is 0 Å². The minimum Gasteiger partial charge on any atom is -0.315 e. The third-order valence-corrected chi connectivity index (χ3v) is 4.83. The van der Waals surface area contributed by atoms with E-state index < -0.39 is 9.84 Å². The van der Waals surface area contributed by atoms with Gasteiger partial charge in [-0.15, -0.1) is 0 Å². The van der Waals surface area contributed by atoms with E-state index >= 15 is 0 Å². The molecule has 0 radical (unpaired) electrons. The van der Waals surface area contributed by atoms with Crippen LogP contribution in [0.3, 0.4) is 0 Å². The molecular formula is C12H27NO2S. The molecule has 0 rings (SSSR count). The molecule has 0 spiro atoms. The average Bonchev–Trinajstić information content (AvgIpc) is 2.16. The highest BCUT2D eigenvalue weighted by Crippen LogP contribution is 2.19. The maximum absolute atomic E-state index is 11.3.